The molecule has 0 spiro atoms. The van der Waals surface area contributed by atoms with Crippen molar-refractivity contribution >= 4 is 18.7 Å². The van der Waals surface area contributed by atoms with Gasteiger partial charge in [0.1, 0.15) is 5.60 Å². The van der Waals surface area contributed by atoms with E-state index in [-0.39, 0.29) is 11.6 Å². The maximum atomic E-state index is 11.9. The molecule has 0 unspecified atom stereocenters. The molecule has 0 aromatic heterocycles. The van der Waals surface area contributed by atoms with Crippen LogP contribution in [0.15, 0.2) is 0 Å². The van der Waals surface area contributed by atoms with Gasteiger partial charge in [-0.05, 0) is 41.5 Å². The number of thiol groups is 1. The molecule has 0 aromatic carbocycles. The number of carbonyl (C=O) groups is 1. The second-order valence-electron chi connectivity index (χ2n) is 5.53. The molecule has 0 atom stereocenters. The third-order valence-corrected chi connectivity index (χ3v) is 1.95. The zero-order valence-electron chi connectivity index (χ0n) is 10.6. The van der Waals surface area contributed by atoms with E-state index in [0.717, 1.165) is 0 Å². The SMILES string of the molecule is CC(C)(C)OC(=O)N(CCS)C(C)(C)C. The summed E-state index contributed by atoms with van der Waals surface area (Å²) in [6, 6.07) is 0. The van der Waals surface area contributed by atoms with Crippen LogP contribution in [0.4, 0.5) is 4.79 Å². The topological polar surface area (TPSA) is 29.5 Å². The molecule has 0 rings (SSSR count). The fraction of sp³-hybridized carbons (Fsp3) is 0.909. The Morgan fingerprint density at radius 3 is 1.93 bits per heavy atom. The minimum absolute atomic E-state index is 0.231. The zero-order chi connectivity index (χ0) is 12.3. The van der Waals surface area contributed by atoms with Gasteiger partial charge in [0.05, 0.1) is 0 Å². The Labute approximate surface area is 98.6 Å². The van der Waals surface area contributed by atoms with Crippen LogP contribution in [0.2, 0.25) is 0 Å². The number of nitrogens with zero attached hydrogens (tertiary/aromatic N) is 1. The first-order chi connectivity index (χ1) is 6.58. The Bertz CT molecular complexity index is 216. The Kier molecular flexibility index (Phi) is 4.97. The lowest BCUT2D eigenvalue weighted by Crippen LogP contribution is -2.48. The number of rotatable bonds is 2. The smallest absolute Gasteiger partial charge is 0.410 e. The van der Waals surface area contributed by atoms with Gasteiger partial charge in [-0.1, -0.05) is 0 Å². The van der Waals surface area contributed by atoms with Gasteiger partial charge in [-0.15, -0.1) is 0 Å². The minimum atomic E-state index is -0.447. The van der Waals surface area contributed by atoms with Gasteiger partial charge < -0.3 is 9.64 Å². The van der Waals surface area contributed by atoms with E-state index >= 15 is 0 Å². The highest BCUT2D eigenvalue weighted by molar-refractivity contribution is 7.80. The Morgan fingerprint density at radius 1 is 1.20 bits per heavy atom. The number of carbonyl (C=O) groups excluding carboxylic acids is 1. The molecule has 0 aromatic rings. The average Bonchev–Trinajstić information content (AvgIpc) is 1.93. The molecule has 1 amide bonds. The quantitative estimate of drug-likeness (QED) is 0.743. The van der Waals surface area contributed by atoms with Crippen molar-refractivity contribution in [3.05, 3.63) is 0 Å². The zero-order valence-corrected chi connectivity index (χ0v) is 11.5. The third-order valence-electron chi connectivity index (χ3n) is 1.75. The lowest BCUT2D eigenvalue weighted by atomic mass is 10.1. The van der Waals surface area contributed by atoms with Gasteiger partial charge in [0.2, 0.25) is 0 Å². The summed E-state index contributed by atoms with van der Waals surface area (Å²) in [6.07, 6.45) is -0.274. The third kappa shape index (κ3) is 5.92. The van der Waals surface area contributed by atoms with E-state index < -0.39 is 5.60 Å². The highest BCUT2D eigenvalue weighted by atomic mass is 32.1. The summed E-state index contributed by atoms with van der Waals surface area (Å²) in [4.78, 5) is 13.6. The van der Waals surface area contributed by atoms with Crippen LogP contribution < -0.4 is 0 Å². The van der Waals surface area contributed by atoms with Crippen LogP contribution >= 0.6 is 12.6 Å². The number of hydrogen-bond acceptors (Lipinski definition) is 3. The number of amides is 1. The molecule has 0 saturated carbocycles. The Hall–Kier alpha value is -0.380. The van der Waals surface area contributed by atoms with E-state index in [0.29, 0.717) is 12.3 Å². The predicted octanol–water partition coefficient (Wildman–Crippen LogP) is 2.95. The van der Waals surface area contributed by atoms with Gasteiger partial charge in [0, 0.05) is 17.8 Å². The molecule has 0 aliphatic carbocycles. The molecule has 0 heterocycles. The van der Waals surface area contributed by atoms with Crippen LogP contribution in [-0.2, 0) is 4.74 Å². The summed E-state index contributed by atoms with van der Waals surface area (Å²) < 4.78 is 5.33. The first-order valence-electron chi connectivity index (χ1n) is 5.19. The van der Waals surface area contributed by atoms with E-state index in [4.69, 9.17) is 4.74 Å². The van der Waals surface area contributed by atoms with Crippen LogP contribution in [0, 0.1) is 0 Å². The summed E-state index contributed by atoms with van der Waals surface area (Å²) in [5, 5.41) is 0. The normalized spacial score (nSPS) is 12.5. The van der Waals surface area contributed by atoms with Crippen LogP contribution in [0.3, 0.4) is 0 Å². The van der Waals surface area contributed by atoms with E-state index in [2.05, 4.69) is 12.6 Å². The van der Waals surface area contributed by atoms with Gasteiger partial charge in [0.15, 0.2) is 0 Å². The first-order valence-corrected chi connectivity index (χ1v) is 5.82. The molecule has 0 fully saturated rings. The summed E-state index contributed by atoms with van der Waals surface area (Å²) >= 11 is 4.15. The van der Waals surface area contributed by atoms with Crippen LogP contribution in [0.5, 0.6) is 0 Å². The molecule has 0 N–H and O–H groups in total. The number of hydrogen-bond donors (Lipinski definition) is 1. The summed E-state index contributed by atoms with van der Waals surface area (Å²) in [7, 11) is 0. The molecular weight excluding hydrogens is 210 g/mol. The minimum Gasteiger partial charge on any atom is -0.444 e. The summed E-state index contributed by atoms with van der Waals surface area (Å²) in [5.41, 5.74) is -0.678. The van der Waals surface area contributed by atoms with Crippen molar-refractivity contribution in [2.24, 2.45) is 0 Å². The van der Waals surface area contributed by atoms with Gasteiger partial charge in [-0.25, -0.2) is 4.79 Å². The van der Waals surface area contributed by atoms with E-state index in [1.54, 1.807) is 4.90 Å². The maximum Gasteiger partial charge on any atom is 0.410 e. The molecule has 4 heteroatoms. The molecule has 0 radical (unpaired) electrons. The highest BCUT2D eigenvalue weighted by Crippen LogP contribution is 2.18. The van der Waals surface area contributed by atoms with Gasteiger partial charge in [-0.3, -0.25) is 0 Å². The van der Waals surface area contributed by atoms with Crippen molar-refractivity contribution in [1.82, 2.24) is 4.90 Å². The van der Waals surface area contributed by atoms with Crippen molar-refractivity contribution in [2.75, 3.05) is 12.3 Å². The molecule has 0 aliphatic heterocycles. The first kappa shape index (κ1) is 14.6. The van der Waals surface area contributed by atoms with E-state index in [9.17, 15) is 4.79 Å². The second-order valence-corrected chi connectivity index (χ2v) is 5.97. The standard InChI is InChI=1S/C11H23NO2S/c1-10(2,3)12(7-8-15)9(13)14-11(4,5)6/h15H,7-8H2,1-6H3. The van der Waals surface area contributed by atoms with Crippen LogP contribution in [0.1, 0.15) is 41.5 Å². The molecule has 0 bridgehead atoms. The molecular formula is C11H23NO2S. The van der Waals surface area contributed by atoms with Crippen molar-refractivity contribution in [1.29, 1.82) is 0 Å². The van der Waals surface area contributed by atoms with E-state index in [1.807, 2.05) is 41.5 Å². The summed E-state index contributed by atoms with van der Waals surface area (Å²) in [6.45, 7) is 12.2. The van der Waals surface area contributed by atoms with Crippen LogP contribution in [0.25, 0.3) is 0 Å². The molecule has 90 valence electrons. The Morgan fingerprint density at radius 2 is 1.67 bits per heavy atom. The highest BCUT2D eigenvalue weighted by Gasteiger charge is 2.29. The van der Waals surface area contributed by atoms with Gasteiger partial charge >= 0.3 is 6.09 Å². The van der Waals surface area contributed by atoms with Crippen molar-refractivity contribution in [2.45, 2.75) is 52.7 Å². The van der Waals surface area contributed by atoms with Crippen molar-refractivity contribution in [3.8, 4) is 0 Å². The maximum absolute atomic E-state index is 11.9. The summed E-state index contributed by atoms with van der Waals surface area (Å²) in [5.74, 6) is 0.635. The lowest BCUT2D eigenvalue weighted by Gasteiger charge is -2.36. The van der Waals surface area contributed by atoms with Gasteiger partial charge in [0.25, 0.3) is 0 Å². The molecule has 0 aliphatic rings. The number of ether oxygens (including phenoxy) is 1. The predicted molar refractivity (Wildman–Crippen MR) is 66.5 cm³/mol. The van der Waals surface area contributed by atoms with Gasteiger partial charge in [-0.2, -0.15) is 12.6 Å². The van der Waals surface area contributed by atoms with Crippen LogP contribution in [-0.4, -0.2) is 34.4 Å². The fourth-order valence-corrected chi connectivity index (χ4v) is 1.32. The van der Waals surface area contributed by atoms with Crippen molar-refractivity contribution < 1.29 is 9.53 Å². The Balaban J connectivity index is 4.58. The largest absolute Gasteiger partial charge is 0.444 e. The molecule has 15 heavy (non-hydrogen) atoms. The monoisotopic (exact) mass is 233 g/mol. The second kappa shape index (κ2) is 5.10. The molecule has 3 nitrogen and oxygen atoms in total. The van der Waals surface area contributed by atoms with Crippen molar-refractivity contribution in [3.63, 3.8) is 0 Å². The molecule has 0 saturated heterocycles. The van der Waals surface area contributed by atoms with E-state index in [1.165, 1.54) is 0 Å². The fourth-order valence-electron chi connectivity index (χ4n) is 1.12. The lowest BCUT2D eigenvalue weighted by molar-refractivity contribution is 0.00823. The average molecular weight is 233 g/mol.